The molecule has 1 aliphatic rings. The third-order valence-corrected chi connectivity index (χ3v) is 6.33. The van der Waals surface area contributed by atoms with Crippen LogP contribution in [0.4, 0.5) is 0 Å². The number of Topliss-reactive ketones (excluding diaryl/α,β-unsaturated/α-hetero) is 2. The number of hydrogen-bond acceptors (Lipinski definition) is 5. The van der Waals surface area contributed by atoms with Crippen molar-refractivity contribution in [2.24, 2.45) is 0 Å². The average Bonchev–Trinajstić information content (AvgIpc) is 3.29. The predicted octanol–water partition coefficient (Wildman–Crippen LogP) is 5.43. The standard InChI is InChI=1S/C24H26N2O3S/c1-15-23(16-7-9-17(10-8-16)29-24(2,3)4)30-22(25-15)14-21(28)19-11-12-20(27)18-6-5-13-26(18)19/h5-10,13,19H,11-12,14H2,1-4H3/t19-/m0/s1. The molecule has 2 aromatic heterocycles. The molecule has 1 aliphatic heterocycles. The second kappa shape index (κ2) is 7.84. The van der Waals surface area contributed by atoms with Crippen molar-refractivity contribution in [1.82, 2.24) is 9.55 Å². The Morgan fingerprint density at radius 3 is 2.67 bits per heavy atom. The number of ketones is 2. The molecule has 3 heterocycles. The van der Waals surface area contributed by atoms with Gasteiger partial charge in [0, 0.05) is 12.6 Å². The van der Waals surface area contributed by atoms with E-state index in [9.17, 15) is 9.59 Å². The first kappa shape index (κ1) is 20.5. The Hall–Kier alpha value is -2.73. The molecule has 3 aromatic rings. The lowest BCUT2D eigenvalue weighted by Gasteiger charge is -2.24. The minimum atomic E-state index is -0.283. The van der Waals surface area contributed by atoms with E-state index < -0.39 is 0 Å². The van der Waals surface area contributed by atoms with Crippen molar-refractivity contribution in [3.8, 4) is 16.2 Å². The van der Waals surface area contributed by atoms with E-state index in [2.05, 4.69) is 4.98 Å². The Labute approximate surface area is 180 Å². The fourth-order valence-corrected chi connectivity index (χ4v) is 4.92. The Balaban J connectivity index is 1.50. The Bertz CT molecular complexity index is 1090. The molecule has 156 valence electrons. The maximum atomic E-state index is 13.0. The lowest BCUT2D eigenvalue weighted by atomic mass is 9.97. The fourth-order valence-electron chi connectivity index (χ4n) is 3.84. The van der Waals surface area contributed by atoms with Crippen molar-refractivity contribution < 1.29 is 14.3 Å². The highest BCUT2D eigenvalue weighted by Crippen LogP contribution is 2.33. The number of aromatic nitrogens is 2. The van der Waals surface area contributed by atoms with Gasteiger partial charge in [0.05, 0.1) is 28.7 Å². The van der Waals surface area contributed by atoms with Gasteiger partial charge >= 0.3 is 0 Å². The van der Waals surface area contributed by atoms with Gasteiger partial charge in [0.2, 0.25) is 0 Å². The molecule has 0 radical (unpaired) electrons. The number of hydrogen-bond donors (Lipinski definition) is 0. The molecular weight excluding hydrogens is 396 g/mol. The van der Waals surface area contributed by atoms with E-state index in [1.54, 1.807) is 17.4 Å². The summed E-state index contributed by atoms with van der Waals surface area (Å²) in [4.78, 5) is 30.7. The van der Waals surface area contributed by atoms with Crippen LogP contribution in [0.15, 0.2) is 42.6 Å². The van der Waals surface area contributed by atoms with Gasteiger partial charge in [0.25, 0.3) is 0 Å². The molecule has 6 heteroatoms. The number of benzene rings is 1. The van der Waals surface area contributed by atoms with Crippen LogP contribution in [-0.4, -0.2) is 26.7 Å². The predicted molar refractivity (Wildman–Crippen MR) is 118 cm³/mol. The molecule has 0 spiro atoms. The van der Waals surface area contributed by atoms with Crippen LogP contribution in [-0.2, 0) is 11.2 Å². The van der Waals surface area contributed by atoms with Crippen LogP contribution in [0.25, 0.3) is 10.4 Å². The van der Waals surface area contributed by atoms with E-state index in [0.717, 1.165) is 26.9 Å². The molecule has 0 saturated heterocycles. The van der Waals surface area contributed by atoms with Crippen molar-refractivity contribution in [1.29, 1.82) is 0 Å². The Kier molecular flexibility index (Phi) is 5.36. The number of thiazole rings is 1. The number of aryl methyl sites for hydroxylation is 1. The Morgan fingerprint density at radius 1 is 1.23 bits per heavy atom. The van der Waals surface area contributed by atoms with E-state index in [4.69, 9.17) is 4.74 Å². The molecular formula is C24H26N2O3S. The van der Waals surface area contributed by atoms with Gasteiger partial charge in [-0.1, -0.05) is 0 Å². The monoisotopic (exact) mass is 422 g/mol. The van der Waals surface area contributed by atoms with Crippen molar-refractivity contribution in [2.75, 3.05) is 0 Å². The molecule has 0 bridgehead atoms. The fraction of sp³-hybridized carbons (Fsp3) is 0.375. The zero-order chi connectivity index (χ0) is 21.5. The van der Waals surface area contributed by atoms with Crippen molar-refractivity contribution in [2.45, 2.75) is 58.6 Å². The summed E-state index contributed by atoms with van der Waals surface area (Å²) < 4.78 is 7.72. The molecule has 0 N–H and O–H groups in total. The molecule has 1 aromatic carbocycles. The van der Waals surface area contributed by atoms with Gasteiger partial charge in [-0.2, -0.15) is 0 Å². The van der Waals surface area contributed by atoms with Crippen LogP contribution in [0.1, 0.15) is 60.8 Å². The van der Waals surface area contributed by atoms with Gasteiger partial charge in [-0.05, 0) is 76.1 Å². The third kappa shape index (κ3) is 4.24. The SMILES string of the molecule is Cc1nc(CC(=O)[C@@H]2CCC(=O)c3cccn32)sc1-c1ccc(OC(C)(C)C)cc1. The molecule has 5 nitrogen and oxygen atoms in total. The molecule has 1 atom stereocenters. The molecule has 0 unspecified atom stereocenters. The summed E-state index contributed by atoms with van der Waals surface area (Å²) in [6.07, 6.45) is 3.10. The van der Waals surface area contributed by atoms with Crippen LogP contribution >= 0.6 is 11.3 Å². The normalized spacial score (nSPS) is 16.4. The zero-order valence-electron chi connectivity index (χ0n) is 17.8. The van der Waals surface area contributed by atoms with Gasteiger partial charge < -0.3 is 9.30 Å². The molecule has 0 aliphatic carbocycles. The number of nitrogens with zero attached hydrogens (tertiary/aromatic N) is 2. The molecule has 0 fully saturated rings. The number of carbonyl (C=O) groups excluding carboxylic acids is 2. The van der Waals surface area contributed by atoms with E-state index in [-0.39, 0.29) is 29.6 Å². The van der Waals surface area contributed by atoms with Crippen molar-refractivity contribution in [3.63, 3.8) is 0 Å². The summed E-state index contributed by atoms with van der Waals surface area (Å²) in [7, 11) is 0. The number of fused-ring (bicyclic) bond motifs is 1. The average molecular weight is 423 g/mol. The van der Waals surface area contributed by atoms with E-state index in [1.807, 2.05) is 68.8 Å². The minimum absolute atomic E-state index is 0.106. The first-order valence-electron chi connectivity index (χ1n) is 10.2. The molecule has 0 amide bonds. The summed E-state index contributed by atoms with van der Waals surface area (Å²) in [6.45, 7) is 8.05. The summed E-state index contributed by atoms with van der Waals surface area (Å²) in [6, 6.07) is 11.3. The second-order valence-corrected chi connectivity index (χ2v) is 9.77. The first-order chi connectivity index (χ1) is 14.2. The summed E-state index contributed by atoms with van der Waals surface area (Å²) in [5, 5.41) is 0.813. The molecule has 0 saturated carbocycles. The number of rotatable bonds is 5. The van der Waals surface area contributed by atoms with Gasteiger partial charge in [-0.15, -0.1) is 11.3 Å². The summed E-state index contributed by atoms with van der Waals surface area (Å²) >= 11 is 1.56. The summed E-state index contributed by atoms with van der Waals surface area (Å²) in [5.74, 6) is 1.04. The van der Waals surface area contributed by atoms with E-state index in [0.29, 0.717) is 18.5 Å². The highest BCUT2D eigenvalue weighted by molar-refractivity contribution is 7.15. The number of carbonyl (C=O) groups is 2. The van der Waals surface area contributed by atoms with Crippen LogP contribution in [0, 0.1) is 6.92 Å². The van der Waals surface area contributed by atoms with Gasteiger partial charge in [0.1, 0.15) is 16.4 Å². The van der Waals surface area contributed by atoms with Crippen LogP contribution in [0.2, 0.25) is 0 Å². The van der Waals surface area contributed by atoms with Gasteiger partial charge in [-0.25, -0.2) is 4.98 Å². The maximum absolute atomic E-state index is 13.0. The lowest BCUT2D eigenvalue weighted by molar-refractivity contribution is -0.121. The van der Waals surface area contributed by atoms with E-state index >= 15 is 0 Å². The first-order valence-corrected chi connectivity index (χ1v) is 11.0. The van der Waals surface area contributed by atoms with Gasteiger partial charge in [-0.3, -0.25) is 9.59 Å². The van der Waals surface area contributed by atoms with E-state index in [1.165, 1.54) is 0 Å². The quantitative estimate of drug-likeness (QED) is 0.550. The largest absolute Gasteiger partial charge is 0.488 e. The van der Waals surface area contributed by atoms with Crippen LogP contribution in [0.3, 0.4) is 0 Å². The van der Waals surface area contributed by atoms with Crippen LogP contribution < -0.4 is 4.74 Å². The highest BCUT2D eigenvalue weighted by Gasteiger charge is 2.30. The van der Waals surface area contributed by atoms with Crippen molar-refractivity contribution in [3.05, 3.63) is 59.0 Å². The Morgan fingerprint density at radius 2 is 1.97 bits per heavy atom. The molecule has 30 heavy (non-hydrogen) atoms. The zero-order valence-corrected chi connectivity index (χ0v) is 18.6. The molecule has 4 rings (SSSR count). The third-order valence-electron chi connectivity index (χ3n) is 5.12. The topological polar surface area (TPSA) is 61.2 Å². The summed E-state index contributed by atoms with van der Waals surface area (Å²) in [5.41, 5.74) is 2.39. The second-order valence-electron chi connectivity index (χ2n) is 8.68. The van der Waals surface area contributed by atoms with Crippen LogP contribution in [0.5, 0.6) is 5.75 Å². The highest BCUT2D eigenvalue weighted by atomic mass is 32.1. The minimum Gasteiger partial charge on any atom is -0.488 e. The smallest absolute Gasteiger partial charge is 0.179 e. The maximum Gasteiger partial charge on any atom is 0.179 e. The van der Waals surface area contributed by atoms with Crippen molar-refractivity contribution >= 4 is 22.9 Å². The number of ether oxygens (including phenoxy) is 1. The van der Waals surface area contributed by atoms with Gasteiger partial charge in [0.15, 0.2) is 11.6 Å². The lowest BCUT2D eigenvalue weighted by Crippen LogP contribution is -2.28.